The summed E-state index contributed by atoms with van der Waals surface area (Å²) >= 11 is 0. The van der Waals surface area contributed by atoms with Crippen molar-refractivity contribution in [1.29, 1.82) is 0 Å². The first-order valence-electron chi connectivity index (χ1n) is 20.3. The Morgan fingerprint density at radius 1 is 0.321 bits per heavy atom. The predicted molar refractivity (Wildman–Crippen MR) is 219 cm³/mol. The van der Waals surface area contributed by atoms with Gasteiger partial charge in [-0.1, -0.05) is 130 Å². The molecule has 0 heterocycles. The number of aliphatic hydroxyl groups excluding tert-OH is 4. The molecule has 0 amide bonds. The Morgan fingerprint density at radius 2 is 0.472 bits per heavy atom. The van der Waals surface area contributed by atoms with E-state index < -0.39 is 0 Å². The Kier molecular flexibility index (Phi) is 54.0. The maximum Gasteiger partial charge on any atom is 0.155 e. The molecular weight excluding hydrogens is 835 g/mol. The minimum atomic E-state index is -0.0777. The average Bonchev–Trinajstić information content (AvgIpc) is 3.04. The Bertz CT molecular complexity index is 851. The number of aliphatic hydroxyl groups is 4. The topological polar surface area (TPSA) is 149 Å². The number of carbonyl (C=O) groups excluding carboxylic acids is 4. The zero-order valence-corrected chi connectivity index (χ0v) is 38.8. The molecule has 8 nitrogen and oxygen atoms in total. The fourth-order valence-corrected chi connectivity index (χ4v) is 4.87. The third-order valence-electron chi connectivity index (χ3n) is 7.63. The molecule has 9 heteroatoms. The van der Waals surface area contributed by atoms with Gasteiger partial charge in [-0.05, 0) is 53.4 Å². The molecule has 0 saturated carbocycles. The smallest absolute Gasteiger partial charge is 0.155 e. The molecule has 4 N–H and O–H groups in total. The summed E-state index contributed by atoms with van der Waals surface area (Å²) < 4.78 is 0. The molecule has 0 radical (unpaired) electrons. The van der Waals surface area contributed by atoms with Gasteiger partial charge in [-0.25, -0.2) is 0 Å². The van der Waals surface area contributed by atoms with Gasteiger partial charge in [0.1, 0.15) is 0 Å². The van der Waals surface area contributed by atoms with Gasteiger partial charge in [-0.15, -0.1) is 0 Å². The van der Waals surface area contributed by atoms with Crippen LogP contribution in [0.25, 0.3) is 0 Å². The second-order valence-electron chi connectivity index (χ2n) is 13.6. The van der Waals surface area contributed by atoms with Crippen LogP contribution in [-0.2, 0) is 45.0 Å². The van der Waals surface area contributed by atoms with Gasteiger partial charge in [0, 0.05) is 75.8 Å². The van der Waals surface area contributed by atoms with E-state index in [4.69, 9.17) is 0 Å². The minimum absolute atomic E-state index is 0. The van der Waals surface area contributed by atoms with E-state index in [2.05, 4.69) is 27.7 Å². The van der Waals surface area contributed by atoms with Crippen LogP contribution in [0.2, 0.25) is 0 Å². The molecule has 0 rings (SSSR count). The van der Waals surface area contributed by atoms with Crippen LogP contribution in [0.5, 0.6) is 0 Å². The molecular formula is C44H80HfO8. The molecule has 53 heavy (non-hydrogen) atoms. The Balaban J connectivity index is -0.000000192. The minimum Gasteiger partial charge on any atom is -0.512 e. The molecule has 0 aliphatic carbocycles. The predicted octanol–water partition coefficient (Wildman–Crippen LogP) is 13.5. The third kappa shape index (κ3) is 65.0. The molecule has 0 saturated heterocycles. The van der Waals surface area contributed by atoms with Crippen molar-refractivity contribution in [3.8, 4) is 0 Å². The van der Waals surface area contributed by atoms with Crippen molar-refractivity contribution in [2.45, 2.75) is 209 Å². The quantitative estimate of drug-likeness (QED) is 0.0262. The van der Waals surface area contributed by atoms with Gasteiger partial charge in [-0.2, -0.15) is 0 Å². The maximum absolute atomic E-state index is 10.6. The molecule has 0 spiro atoms. The first-order chi connectivity index (χ1) is 24.7. The van der Waals surface area contributed by atoms with Gasteiger partial charge < -0.3 is 20.4 Å². The summed E-state index contributed by atoms with van der Waals surface area (Å²) in [6, 6.07) is 0. The summed E-state index contributed by atoms with van der Waals surface area (Å²) in [6.45, 7) is 14.5. The largest absolute Gasteiger partial charge is 0.512 e. The van der Waals surface area contributed by atoms with E-state index in [-0.39, 0.29) is 72.0 Å². The van der Waals surface area contributed by atoms with Crippen molar-refractivity contribution in [3.63, 3.8) is 0 Å². The number of unbranched alkanes of at least 4 members (excludes halogenated alkanes) is 16. The molecule has 0 unspecified atom stereocenters. The van der Waals surface area contributed by atoms with Gasteiger partial charge in [0.25, 0.3) is 0 Å². The number of hydrogen-bond acceptors (Lipinski definition) is 8. The number of hydrogen-bond donors (Lipinski definition) is 4. The van der Waals surface area contributed by atoms with Gasteiger partial charge in [-0.3, -0.25) is 19.2 Å². The zero-order chi connectivity index (χ0) is 40.4. The van der Waals surface area contributed by atoms with Crippen molar-refractivity contribution in [3.05, 3.63) is 47.3 Å². The monoisotopic (exact) mass is 917 g/mol. The van der Waals surface area contributed by atoms with Crippen molar-refractivity contribution in [1.82, 2.24) is 0 Å². The van der Waals surface area contributed by atoms with Crippen LogP contribution in [0.1, 0.15) is 209 Å². The standard InChI is InChI=1S/4C11H20O2.Hf/c4*1-3-4-5-6-7-8-11(13)9-10(2)12;/h4*9,13H,3-8H2,1-2H3;/b4*11-9-;. The molecule has 0 aliphatic rings. The first kappa shape index (κ1) is 60.0. The number of rotatable bonds is 28. The summed E-state index contributed by atoms with van der Waals surface area (Å²) in [5.74, 6) is 0.593. The SMILES string of the molecule is CCCCCCC/C(O)=C/C(C)=O.CCCCCCC/C(O)=C/C(C)=O.CCCCCCC/C(O)=C/C(C)=O.CCCCCCC/C(O)=C/C(C)=O.[Hf]. The average molecular weight is 916 g/mol. The van der Waals surface area contributed by atoms with Crippen molar-refractivity contribution in [2.24, 2.45) is 0 Å². The van der Waals surface area contributed by atoms with E-state index in [0.29, 0.717) is 25.7 Å². The fraction of sp³-hybridized carbons (Fsp3) is 0.727. The summed E-state index contributed by atoms with van der Waals surface area (Å²) in [6.07, 6.45) is 31.2. The van der Waals surface area contributed by atoms with Crippen LogP contribution in [0.4, 0.5) is 0 Å². The summed E-state index contributed by atoms with van der Waals surface area (Å²) in [7, 11) is 0. The summed E-state index contributed by atoms with van der Waals surface area (Å²) in [4.78, 5) is 42.2. The Labute approximate surface area is 343 Å². The summed E-state index contributed by atoms with van der Waals surface area (Å²) in [5, 5.41) is 36.9. The molecule has 0 aromatic heterocycles. The zero-order valence-electron chi connectivity index (χ0n) is 35.2. The van der Waals surface area contributed by atoms with Crippen LogP contribution in [0, 0.1) is 0 Å². The van der Waals surface area contributed by atoms with Crippen LogP contribution in [-0.4, -0.2) is 43.6 Å². The first-order valence-corrected chi connectivity index (χ1v) is 20.3. The van der Waals surface area contributed by atoms with Crippen LogP contribution in [0.15, 0.2) is 47.3 Å². The van der Waals surface area contributed by atoms with Gasteiger partial charge in [0.2, 0.25) is 0 Å². The third-order valence-corrected chi connectivity index (χ3v) is 7.63. The van der Waals surface area contributed by atoms with Crippen molar-refractivity contribution >= 4 is 23.1 Å². The molecule has 0 atom stereocenters. The molecule has 0 fully saturated rings. The van der Waals surface area contributed by atoms with E-state index >= 15 is 0 Å². The molecule has 308 valence electrons. The molecule has 0 aromatic rings. The van der Waals surface area contributed by atoms with Crippen molar-refractivity contribution < 1.29 is 65.4 Å². The fourth-order valence-electron chi connectivity index (χ4n) is 4.87. The van der Waals surface area contributed by atoms with Crippen LogP contribution in [0.3, 0.4) is 0 Å². The van der Waals surface area contributed by atoms with Crippen LogP contribution < -0.4 is 0 Å². The Morgan fingerprint density at radius 3 is 0.604 bits per heavy atom. The van der Waals surface area contributed by atoms with E-state index in [1.54, 1.807) is 0 Å². The molecule has 0 aromatic carbocycles. The Hall–Kier alpha value is -2.29. The van der Waals surface area contributed by atoms with E-state index in [1.807, 2.05) is 0 Å². The number of carbonyl (C=O) groups is 4. The van der Waals surface area contributed by atoms with Crippen LogP contribution >= 0.6 is 0 Å². The number of allylic oxidation sites excluding steroid dienone is 8. The van der Waals surface area contributed by atoms with E-state index in [1.165, 1.54) is 129 Å². The molecule has 0 aliphatic heterocycles. The van der Waals surface area contributed by atoms with Gasteiger partial charge >= 0.3 is 0 Å². The van der Waals surface area contributed by atoms with Gasteiger partial charge in [0.05, 0.1) is 23.0 Å². The summed E-state index contributed by atoms with van der Waals surface area (Å²) in [5.41, 5.74) is 0. The maximum atomic E-state index is 10.6. The number of ketones is 4. The second-order valence-corrected chi connectivity index (χ2v) is 13.6. The normalized spacial score (nSPS) is 11.5. The van der Waals surface area contributed by atoms with E-state index in [9.17, 15) is 39.6 Å². The molecule has 0 bridgehead atoms. The van der Waals surface area contributed by atoms with Gasteiger partial charge in [0.15, 0.2) is 23.1 Å². The van der Waals surface area contributed by atoms with E-state index in [0.717, 1.165) is 51.4 Å². The second kappa shape index (κ2) is 47.7. The van der Waals surface area contributed by atoms with Crippen molar-refractivity contribution in [2.75, 3.05) is 0 Å².